The van der Waals surface area contributed by atoms with Crippen molar-refractivity contribution in [1.82, 2.24) is 4.90 Å². The second kappa shape index (κ2) is 4.68. The second-order valence-electron chi connectivity index (χ2n) is 5.14. The van der Waals surface area contributed by atoms with E-state index in [9.17, 15) is 18.0 Å². The van der Waals surface area contributed by atoms with Gasteiger partial charge < -0.3 is 15.4 Å². The van der Waals surface area contributed by atoms with Gasteiger partial charge in [-0.25, -0.2) is 13.2 Å². The van der Waals surface area contributed by atoms with Crippen molar-refractivity contribution >= 4 is 11.7 Å². The van der Waals surface area contributed by atoms with Gasteiger partial charge in [0.05, 0.1) is 5.56 Å². The Morgan fingerprint density at radius 3 is 2.43 bits per heavy atom. The molecule has 3 rings (SSSR count). The van der Waals surface area contributed by atoms with Crippen molar-refractivity contribution in [2.45, 2.75) is 32.0 Å². The van der Waals surface area contributed by atoms with Gasteiger partial charge in [0.2, 0.25) is 0 Å². The first-order valence-electron chi connectivity index (χ1n) is 6.54. The standard InChI is InChI=1S/C14H13F3N2O2/c1-6-19(7-2-3-7)12(14(18)20)13(21-6)8-4-10(16)11(17)5-9(8)15/h4-7H,2-3H2,1H3,(H2,18,20). The van der Waals surface area contributed by atoms with E-state index in [4.69, 9.17) is 10.5 Å². The van der Waals surface area contributed by atoms with Crippen LogP contribution in [-0.2, 0) is 9.53 Å². The highest BCUT2D eigenvalue weighted by molar-refractivity contribution is 5.99. The van der Waals surface area contributed by atoms with E-state index in [0.29, 0.717) is 12.1 Å². The molecule has 0 saturated heterocycles. The van der Waals surface area contributed by atoms with E-state index in [2.05, 4.69) is 0 Å². The predicted molar refractivity (Wildman–Crippen MR) is 67.8 cm³/mol. The Hall–Kier alpha value is -2.18. The van der Waals surface area contributed by atoms with Crippen LogP contribution >= 0.6 is 0 Å². The van der Waals surface area contributed by atoms with Crippen LogP contribution in [0.5, 0.6) is 0 Å². The number of halogens is 3. The van der Waals surface area contributed by atoms with E-state index < -0.39 is 29.6 Å². The zero-order chi connectivity index (χ0) is 15.3. The number of rotatable bonds is 3. The molecule has 1 aromatic carbocycles. The summed E-state index contributed by atoms with van der Waals surface area (Å²) in [4.78, 5) is 13.4. The van der Waals surface area contributed by atoms with E-state index in [-0.39, 0.29) is 23.1 Å². The minimum absolute atomic E-state index is 0.00917. The van der Waals surface area contributed by atoms with Crippen LogP contribution in [0.2, 0.25) is 0 Å². The molecule has 112 valence electrons. The molecule has 1 atom stereocenters. The van der Waals surface area contributed by atoms with E-state index >= 15 is 0 Å². The van der Waals surface area contributed by atoms with Crippen molar-refractivity contribution in [2.75, 3.05) is 0 Å². The SMILES string of the molecule is CC1OC(c2cc(F)c(F)cc2F)=C(C(N)=O)N1C1CC1. The molecular formula is C14H13F3N2O2. The first kappa shape index (κ1) is 13.8. The lowest BCUT2D eigenvalue weighted by atomic mass is 10.1. The van der Waals surface area contributed by atoms with Crippen LogP contribution in [-0.4, -0.2) is 23.1 Å². The molecule has 4 nitrogen and oxygen atoms in total. The number of nitrogens with zero attached hydrogens (tertiary/aromatic N) is 1. The average Bonchev–Trinajstić information content (AvgIpc) is 3.17. The maximum atomic E-state index is 13.9. The Kier molecular flexibility index (Phi) is 3.07. The van der Waals surface area contributed by atoms with E-state index in [1.807, 2.05) is 0 Å². The Labute approximate surface area is 119 Å². The molecule has 1 saturated carbocycles. The van der Waals surface area contributed by atoms with E-state index in [1.165, 1.54) is 0 Å². The van der Waals surface area contributed by atoms with E-state index in [1.54, 1.807) is 11.8 Å². The molecule has 2 aliphatic rings. The molecule has 0 radical (unpaired) electrons. The third-order valence-electron chi connectivity index (χ3n) is 3.58. The topological polar surface area (TPSA) is 55.6 Å². The molecule has 1 amide bonds. The number of primary amides is 1. The van der Waals surface area contributed by atoms with Crippen molar-refractivity contribution in [3.8, 4) is 0 Å². The molecule has 1 aromatic rings. The molecule has 1 fully saturated rings. The van der Waals surface area contributed by atoms with Gasteiger partial charge in [-0.3, -0.25) is 4.79 Å². The van der Waals surface area contributed by atoms with Crippen LogP contribution in [0.25, 0.3) is 5.76 Å². The molecule has 2 N–H and O–H groups in total. The lowest BCUT2D eigenvalue weighted by molar-refractivity contribution is -0.116. The third-order valence-corrected chi connectivity index (χ3v) is 3.58. The highest BCUT2D eigenvalue weighted by atomic mass is 19.2. The molecule has 1 unspecified atom stereocenters. The summed E-state index contributed by atoms with van der Waals surface area (Å²) in [7, 11) is 0. The summed E-state index contributed by atoms with van der Waals surface area (Å²) in [5.41, 5.74) is 5.05. The number of nitrogens with two attached hydrogens (primary N) is 1. The van der Waals surface area contributed by atoms with Crippen molar-refractivity contribution < 1.29 is 22.7 Å². The normalized spacial score (nSPS) is 21.7. The lowest BCUT2D eigenvalue weighted by Crippen LogP contribution is -2.35. The van der Waals surface area contributed by atoms with Gasteiger partial charge in [-0.15, -0.1) is 0 Å². The molecule has 0 spiro atoms. The summed E-state index contributed by atoms with van der Waals surface area (Å²) in [5, 5.41) is 0. The largest absolute Gasteiger partial charge is 0.468 e. The molecule has 1 aliphatic carbocycles. The van der Waals surface area contributed by atoms with Crippen LogP contribution in [0.4, 0.5) is 13.2 Å². The fourth-order valence-corrected chi connectivity index (χ4v) is 2.54. The number of hydrogen-bond donors (Lipinski definition) is 1. The number of carbonyl (C=O) groups is 1. The van der Waals surface area contributed by atoms with Gasteiger partial charge >= 0.3 is 0 Å². The minimum Gasteiger partial charge on any atom is -0.468 e. The molecule has 1 heterocycles. The highest BCUT2D eigenvalue weighted by Crippen LogP contribution is 2.41. The predicted octanol–water partition coefficient (Wildman–Crippen LogP) is 2.10. The Morgan fingerprint density at radius 2 is 1.86 bits per heavy atom. The van der Waals surface area contributed by atoms with Crippen molar-refractivity contribution in [1.29, 1.82) is 0 Å². The number of benzene rings is 1. The second-order valence-corrected chi connectivity index (χ2v) is 5.14. The van der Waals surface area contributed by atoms with Crippen LogP contribution in [0.15, 0.2) is 17.8 Å². The van der Waals surface area contributed by atoms with Crippen molar-refractivity contribution in [2.24, 2.45) is 5.73 Å². The number of hydrogen-bond acceptors (Lipinski definition) is 3. The monoisotopic (exact) mass is 298 g/mol. The van der Waals surface area contributed by atoms with Crippen LogP contribution < -0.4 is 5.73 Å². The van der Waals surface area contributed by atoms with E-state index in [0.717, 1.165) is 12.8 Å². The fourth-order valence-electron chi connectivity index (χ4n) is 2.54. The zero-order valence-electron chi connectivity index (χ0n) is 11.2. The average molecular weight is 298 g/mol. The minimum atomic E-state index is -1.30. The highest BCUT2D eigenvalue weighted by Gasteiger charge is 2.43. The van der Waals surface area contributed by atoms with Gasteiger partial charge in [0.25, 0.3) is 5.91 Å². The maximum absolute atomic E-state index is 13.9. The first-order valence-corrected chi connectivity index (χ1v) is 6.54. The molecule has 1 aliphatic heterocycles. The van der Waals surface area contributed by atoms with Gasteiger partial charge in [0.1, 0.15) is 11.5 Å². The molecule has 7 heteroatoms. The van der Waals surface area contributed by atoms with Gasteiger partial charge in [-0.1, -0.05) is 0 Å². The van der Waals surface area contributed by atoms with Gasteiger partial charge in [-0.05, 0) is 25.8 Å². The van der Waals surface area contributed by atoms with Crippen LogP contribution in [0, 0.1) is 17.5 Å². The molecule has 0 bridgehead atoms. The van der Waals surface area contributed by atoms with Gasteiger partial charge in [-0.2, -0.15) is 0 Å². The first-order chi connectivity index (χ1) is 9.90. The smallest absolute Gasteiger partial charge is 0.269 e. The summed E-state index contributed by atoms with van der Waals surface area (Å²) in [5.74, 6) is -4.46. The number of carbonyl (C=O) groups excluding carboxylic acids is 1. The summed E-state index contributed by atoms with van der Waals surface area (Å²) in [6.07, 6.45) is 1.23. The molecule has 0 aromatic heterocycles. The number of ether oxygens (including phenoxy) is 1. The van der Waals surface area contributed by atoms with Crippen LogP contribution in [0.3, 0.4) is 0 Å². The lowest BCUT2D eigenvalue weighted by Gasteiger charge is -2.22. The summed E-state index contributed by atoms with van der Waals surface area (Å²) in [6.45, 7) is 1.69. The zero-order valence-corrected chi connectivity index (χ0v) is 11.2. The Balaban J connectivity index is 2.14. The van der Waals surface area contributed by atoms with Gasteiger partial charge in [0, 0.05) is 12.1 Å². The van der Waals surface area contributed by atoms with Crippen molar-refractivity contribution in [3.05, 3.63) is 40.8 Å². The number of amides is 1. The maximum Gasteiger partial charge on any atom is 0.269 e. The quantitative estimate of drug-likeness (QED) is 0.869. The third kappa shape index (κ3) is 2.22. The molecular weight excluding hydrogens is 285 g/mol. The van der Waals surface area contributed by atoms with Crippen LogP contribution in [0.1, 0.15) is 25.3 Å². The van der Waals surface area contributed by atoms with Crippen molar-refractivity contribution in [3.63, 3.8) is 0 Å². The molecule has 21 heavy (non-hydrogen) atoms. The summed E-state index contributed by atoms with van der Waals surface area (Å²) < 4.78 is 45.8. The van der Waals surface area contributed by atoms with Gasteiger partial charge in [0.15, 0.2) is 23.6 Å². The Morgan fingerprint density at radius 1 is 1.24 bits per heavy atom. The summed E-state index contributed by atoms with van der Waals surface area (Å²) in [6, 6.07) is 1.20. The Bertz CT molecular complexity index is 656. The summed E-state index contributed by atoms with van der Waals surface area (Å²) >= 11 is 0. The fraction of sp³-hybridized carbons (Fsp3) is 0.357.